The minimum absolute atomic E-state index is 0. The Morgan fingerprint density at radius 1 is 1.40 bits per heavy atom. The van der Waals surface area contributed by atoms with Crippen molar-refractivity contribution < 1.29 is 9.18 Å². The molecule has 3 nitrogen and oxygen atoms in total. The van der Waals surface area contributed by atoms with E-state index in [1.807, 2.05) is 7.05 Å². The van der Waals surface area contributed by atoms with E-state index in [-0.39, 0.29) is 29.7 Å². The van der Waals surface area contributed by atoms with Crippen LogP contribution in [0.4, 0.5) is 4.39 Å². The van der Waals surface area contributed by atoms with Gasteiger partial charge in [-0.05, 0) is 50.9 Å². The second kappa shape index (κ2) is 7.60. The van der Waals surface area contributed by atoms with Crippen LogP contribution in [0.2, 0.25) is 0 Å². The van der Waals surface area contributed by atoms with Gasteiger partial charge in [-0.15, -0.1) is 12.4 Å². The van der Waals surface area contributed by atoms with Crippen LogP contribution in [-0.2, 0) is 0 Å². The first kappa shape index (κ1) is 16.9. The zero-order chi connectivity index (χ0) is 13.8. The number of hydrogen-bond acceptors (Lipinski definition) is 2. The van der Waals surface area contributed by atoms with E-state index >= 15 is 0 Å². The first-order valence-corrected chi connectivity index (χ1v) is 6.82. The van der Waals surface area contributed by atoms with Crippen molar-refractivity contribution in [3.8, 4) is 0 Å². The van der Waals surface area contributed by atoms with Crippen LogP contribution >= 0.6 is 12.4 Å². The number of carbonyl (C=O) groups excluding carboxylic acids is 1. The lowest BCUT2D eigenvalue weighted by Crippen LogP contribution is -2.40. The fourth-order valence-electron chi connectivity index (χ4n) is 2.61. The molecule has 0 saturated carbocycles. The van der Waals surface area contributed by atoms with Gasteiger partial charge >= 0.3 is 0 Å². The molecular formula is C15H22ClFN2O. The summed E-state index contributed by atoms with van der Waals surface area (Å²) in [6, 6.07) is 5.00. The van der Waals surface area contributed by atoms with Gasteiger partial charge in [-0.3, -0.25) is 4.79 Å². The van der Waals surface area contributed by atoms with Gasteiger partial charge in [0, 0.05) is 13.1 Å². The maximum absolute atomic E-state index is 13.9. The van der Waals surface area contributed by atoms with Crippen molar-refractivity contribution in [3.05, 3.63) is 35.1 Å². The van der Waals surface area contributed by atoms with Crippen LogP contribution in [0.1, 0.15) is 28.8 Å². The second-order valence-corrected chi connectivity index (χ2v) is 5.23. The van der Waals surface area contributed by atoms with Gasteiger partial charge in [-0.2, -0.15) is 0 Å². The SMILES string of the molecule is CNCC1CCN(C(=O)c2cccc(C)c2F)CC1.Cl. The highest BCUT2D eigenvalue weighted by atomic mass is 35.5. The Hall–Kier alpha value is -1.13. The summed E-state index contributed by atoms with van der Waals surface area (Å²) in [7, 11) is 1.94. The van der Waals surface area contributed by atoms with E-state index in [1.54, 1.807) is 30.0 Å². The van der Waals surface area contributed by atoms with Crippen LogP contribution < -0.4 is 5.32 Å². The number of benzene rings is 1. The normalized spacial score (nSPS) is 15.8. The highest BCUT2D eigenvalue weighted by Crippen LogP contribution is 2.20. The minimum atomic E-state index is -0.384. The lowest BCUT2D eigenvalue weighted by atomic mass is 9.96. The van der Waals surface area contributed by atoms with E-state index in [1.165, 1.54) is 0 Å². The smallest absolute Gasteiger partial charge is 0.256 e. The molecule has 1 amide bonds. The first-order chi connectivity index (χ1) is 9.13. The van der Waals surface area contributed by atoms with Crippen LogP contribution in [-0.4, -0.2) is 37.5 Å². The molecule has 1 aliphatic heterocycles. The van der Waals surface area contributed by atoms with E-state index in [0.29, 0.717) is 11.5 Å². The Morgan fingerprint density at radius 2 is 2.05 bits per heavy atom. The molecule has 1 heterocycles. The quantitative estimate of drug-likeness (QED) is 0.931. The molecule has 0 radical (unpaired) electrons. The molecule has 0 aromatic heterocycles. The Balaban J connectivity index is 0.00000200. The molecule has 2 rings (SSSR count). The van der Waals surface area contributed by atoms with Gasteiger partial charge < -0.3 is 10.2 Å². The van der Waals surface area contributed by atoms with Crippen LogP contribution in [0.25, 0.3) is 0 Å². The van der Waals surface area contributed by atoms with E-state index in [4.69, 9.17) is 0 Å². The van der Waals surface area contributed by atoms with Crippen molar-refractivity contribution in [1.29, 1.82) is 0 Å². The average Bonchev–Trinajstić information content (AvgIpc) is 2.42. The molecule has 0 spiro atoms. The third kappa shape index (κ3) is 3.70. The highest BCUT2D eigenvalue weighted by Gasteiger charge is 2.25. The lowest BCUT2D eigenvalue weighted by Gasteiger charge is -2.32. The average molecular weight is 301 g/mol. The van der Waals surface area contributed by atoms with Crippen LogP contribution in [0.5, 0.6) is 0 Å². The molecule has 1 fully saturated rings. The van der Waals surface area contributed by atoms with Crippen molar-refractivity contribution in [2.45, 2.75) is 19.8 Å². The molecule has 1 aliphatic rings. The molecular weight excluding hydrogens is 279 g/mol. The van der Waals surface area contributed by atoms with Crippen LogP contribution in [0.15, 0.2) is 18.2 Å². The highest BCUT2D eigenvalue weighted by molar-refractivity contribution is 5.94. The first-order valence-electron chi connectivity index (χ1n) is 6.82. The molecule has 20 heavy (non-hydrogen) atoms. The second-order valence-electron chi connectivity index (χ2n) is 5.23. The Labute approximate surface area is 125 Å². The molecule has 1 saturated heterocycles. The van der Waals surface area contributed by atoms with Crippen LogP contribution in [0, 0.1) is 18.7 Å². The zero-order valence-electron chi connectivity index (χ0n) is 12.0. The Kier molecular flexibility index (Phi) is 6.43. The number of rotatable bonds is 3. The summed E-state index contributed by atoms with van der Waals surface area (Å²) in [6.07, 6.45) is 1.97. The van der Waals surface area contributed by atoms with Gasteiger partial charge in [0.25, 0.3) is 5.91 Å². The van der Waals surface area contributed by atoms with Crippen molar-refractivity contribution >= 4 is 18.3 Å². The minimum Gasteiger partial charge on any atom is -0.339 e. The number of likely N-dealkylation sites (tertiary alicyclic amines) is 1. The van der Waals surface area contributed by atoms with Crippen molar-refractivity contribution in [1.82, 2.24) is 10.2 Å². The number of amides is 1. The molecule has 0 bridgehead atoms. The summed E-state index contributed by atoms with van der Waals surface area (Å²) in [5.74, 6) is 0.0605. The topological polar surface area (TPSA) is 32.3 Å². The number of nitrogens with zero attached hydrogens (tertiary/aromatic N) is 1. The molecule has 1 N–H and O–H groups in total. The van der Waals surface area contributed by atoms with Gasteiger partial charge in [0.1, 0.15) is 5.82 Å². The summed E-state index contributed by atoms with van der Waals surface area (Å²) in [5, 5.41) is 3.17. The van der Waals surface area contributed by atoms with E-state index in [9.17, 15) is 9.18 Å². The molecule has 0 unspecified atom stereocenters. The summed E-state index contributed by atoms with van der Waals surface area (Å²) in [6.45, 7) is 4.11. The number of nitrogens with one attached hydrogen (secondary N) is 1. The molecule has 1 aromatic carbocycles. The van der Waals surface area contributed by atoms with Crippen molar-refractivity contribution in [3.63, 3.8) is 0 Å². The Bertz CT molecular complexity index is 459. The molecule has 1 aromatic rings. The van der Waals surface area contributed by atoms with Crippen LogP contribution in [0.3, 0.4) is 0 Å². The molecule has 112 valence electrons. The maximum atomic E-state index is 13.9. The monoisotopic (exact) mass is 300 g/mol. The number of piperidine rings is 1. The van der Waals surface area contributed by atoms with Gasteiger partial charge in [-0.1, -0.05) is 12.1 Å². The molecule has 0 atom stereocenters. The van der Waals surface area contributed by atoms with Gasteiger partial charge in [0.15, 0.2) is 0 Å². The predicted octanol–water partition coefficient (Wildman–Crippen LogP) is 2.63. The van der Waals surface area contributed by atoms with Crippen molar-refractivity contribution in [2.24, 2.45) is 5.92 Å². The summed E-state index contributed by atoms with van der Waals surface area (Å²) in [5.41, 5.74) is 0.725. The van der Waals surface area contributed by atoms with E-state index < -0.39 is 0 Å². The van der Waals surface area contributed by atoms with E-state index in [2.05, 4.69) is 5.32 Å². The third-order valence-electron chi connectivity index (χ3n) is 3.82. The third-order valence-corrected chi connectivity index (χ3v) is 3.82. The number of carbonyl (C=O) groups is 1. The van der Waals surface area contributed by atoms with Gasteiger partial charge in [0.05, 0.1) is 5.56 Å². The Morgan fingerprint density at radius 3 is 2.65 bits per heavy atom. The molecule has 0 aliphatic carbocycles. The zero-order valence-corrected chi connectivity index (χ0v) is 12.8. The van der Waals surface area contributed by atoms with E-state index in [0.717, 1.165) is 32.5 Å². The lowest BCUT2D eigenvalue weighted by molar-refractivity contribution is 0.0686. The maximum Gasteiger partial charge on any atom is 0.256 e. The molecule has 5 heteroatoms. The fourth-order valence-corrected chi connectivity index (χ4v) is 2.61. The van der Waals surface area contributed by atoms with Crippen molar-refractivity contribution in [2.75, 3.05) is 26.7 Å². The number of halogens is 2. The number of aryl methyl sites for hydroxylation is 1. The van der Waals surface area contributed by atoms with Gasteiger partial charge in [-0.25, -0.2) is 4.39 Å². The fraction of sp³-hybridized carbons (Fsp3) is 0.533. The largest absolute Gasteiger partial charge is 0.339 e. The standard InChI is InChI=1S/C15H21FN2O.ClH/c1-11-4-3-5-13(14(11)16)15(19)18-8-6-12(7-9-18)10-17-2;/h3-5,12,17H,6-10H2,1-2H3;1H. The summed E-state index contributed by atoms with van der Waals surface area (Å²) < 4.78 is 13.9. The summed E-state index contributed by atoms with van der Waals surface area (Å²) in [4.78, 5) is 14.1. The number of hydrogen-bond donors (Lipinski definition) is 1. The summed E-state index contributed by atoms with van der Waals surface area (Å²) >= 11 is 0. The van der Waals surface area contributed by atoms with Gasteiger partial charge in [0.2, 0.25) is 0 Å². The predicted molar refractivity (Wildman–Crippen MR) is 80.9 cm³/mol.